The molecule has 5 rings (SSSR count). The molecule has 0 radical (unpaired) electrons. The molecular formula is C27H29F4N5O3S2. The van der Waals surface area contributed by atoms with Crippen LogP contribution in [0.15, 0.2) is 48.7 Å². The summed E-state index contributed by atoms with van der Waals surface area (Å²) in [6.07, 6.45) is 1.33. The minimum atomic E-state index is -5.40. The molecule has 1 unspecified atom stereocenters. The molecule has 1 aromatic heterocycles. The maximum Gasteiger partial charge on any atom is 0.511 e. The van der Waals surface area contributed by atoms with E-state index in [1.807, 2.05) is 47.2 Å². The van der Waals surface area contributed by atoms with Crippen LogP contribution < -0.4 is 16.4 Å². The number of fused-ring (bicyclic) bond motifs is 1. The van der Waals surface area contributed by atoms with Crippen molar-refractivity contribution in [1.82, 2.24) is 19.5 Å². The van der Waals surface area contributed by atoms with Crippen LogP contribution in [0.2, 0.25) is 0 Å². The zero-order chi connectivity index (χ0) is 29.5. The molecule has 14 heteroatoms. The topological polar surface area (TPSA) is 109 Å². The predicted molar refractivity (Wildman–Crippen MR) is 151 cm³/mol. The van der Waals surface area contributed by atoms with Crippen molar-refractivity contribution < 1.29 is 30.8 Å². The highest BCUT2D eigenvalue weighted by molar-refractivity contribution is 7.90. The van der Waals surface area contributed by atoms with Crippen molar-refractivity contribution in [1.29, 1.82) is 0 Å². The van der Waals surface area contributed by atoms with Crippen LogP contribution in [0.25, 0.3) is 22.0 Å². The number of carbonyl (C=O) groups is 1. The van der Waals surface area contributed by atoms with Crippen LogP contribution in [0.1, 0.15) is 36.4 Å². The molecule has 2 atom stereocenters. The average Bonchev–Trinajstić information content (AvgIpc) is 3.55. The van der Waals surface area contributed by atoms with Crippen molar-refractivity contribution in [3.05, 3.63) is 59.8 Å². The first-order valence-corrected chi connectivity index (χ1v) is 15.0. The smallest absolute Gasteiger partial charge is 0.389 e. The Balaban J connectivity index is 1.46. The van der Waals surface area contributed by atoms with Crippen molar-refractivity contribution in [2.24, 2.45) is 5.73 Å². The van der Waals surface area contributed by atoms with Gasteiger partial charge in [-0.3, -0.25) is 4.79 Å². The number of halogens is 4. The van der Waals surface area contributed by atoms with E-state index in [4.69, 9.17) is 18.0 Å². The van der Waals surface area contributed by atoms with E-state index in [9.17, 15) is 30.8 Å². The quantitative estimate of drug-likeness (QED) is 0.278. The van der Waals surface area contributed by atoms with E-state index in [2.05, 4.69) is 10.6 Å². The summed E-state index contributed by atoms with van der Waals surface area (Å²) in [7, 11) is -5.40. The van der Waals surface area contributed by atoms with Gasteiger partial charge in [0.05, 0.1) is 6.04 Å². The number of rotatable bonds is 7. The maximum atomic E-state index is 13.5. The predicted octanol–water partition coefficient (Wildman–Crippen LogP) is 3.75. The number of aromatic nitrogens is 1. The number of hydrogen-bond acceptors (Lipinski definition) is 5. The van der Waals surface area contributed by atoms with E-state index >= 15 is 0 Å². The molecule has 0 aliphatic carbocycles. The molecule has 2 saturated heterocycles. The number of nitrogens with one attached hydrogen (secondary N) is 2. The summed E-state index contributed by atoms with van der Waals surface area (Å²) in [5.74, 6) is -0.297. The van der Waals surface area contributed by atoms with E-state index in [0.29, 0.717) is 9.87 Å². The van der Waals surface area contributed by atoms with E-state index in [-0.39, 0.29) is 62.4 Å². The van der Waals surface area contributed by atoms with E-state index in [0.717, 1.165) is 27.6 Å². The molecule has 2 aliphatic rings. The van der Waals surface area contributed by atoms with Gasteiger partial charge < -0.3 is 20.9 Å². The summed E-state index contributed by atoms with van der Waals surface area (Å²) in [6.45, 7) is -0.195. The molecule has 220 valence electrons. The van der Waals surface area contributed by atoms with Crippen molar-refractivity contribution in [3.63, 3.8) is 0 Å². The second kappa shape index (κ2) is 11.3. The fourth-order valence-corrected chi connectivity index (χ4v) is 6.60. The van der Waals surface area contributed by atoms with Gasteiger partial charge >= 0.3 is 15.5 Å². The first-order chi connectivity index (χ1) is 19.3. The largest absolute Gasteiger partial charge is 0.511 e. The Bertz CT molecular complexity index is 1580. The Morgan fingerprint density at radius 2 is 1.88 bits per heavy atom. The van der Waals surface area contributed by atoms with Crippen LogP contribution in [-0.2, 0) is 21.4 Å². The lowest BCUT2D eigenvalue weighted by Gasteiger charge is -2.32. The molecule has 2 aliphatic heterocycles. The summed E-state index contributed by atoms with van der Waals surface area (Å²) in [6, 6.07) is 12.2. The number of benzene rings is 2. The van der Waals surface area contributed by atoms with Gasteiger partial charge in [-0.2, -0.15) is 17.5 Å². The lowest BCUT2D eigenvalue weighted by molar-refractivity contribution is -0.123. The first-order valence-electron chi connectivity index (χ1n) is 13.1. The Labute approximate surface area is 239 Å². The highest BCUT2D eigenvalue weighted by Crippen LogP contribution is 2.38. The van der Waals surface area contributed by atoms with Gasteiger partial charge in [0, 0.05) is 66.9 Å². The van der Waals surface area contributed by atoms with E-state index in [1.165, 1.54) is 0 Å². The summed E-state index contributed by atoms with van der Waals surface area (Å²) in [4.78, 5) is 12.7. The lowest BCUT2D eigenvalue weighted by atomic mass is 10.0. The minimum absolute atomic E-state index is 0.116. The number of carbonyl (C=O) groups excluding carboxylic acids is 1. The van der Waals surface area contributed by atoms with Crippen molar-refractivity contribution in [2.45, 2.75) is 49.6 Å². The molecule has 2 fully saturated rings. The third-order valence-electron chi connectivity index (χ3n) is 7.67. The number of hydrogen-bond donors (Lipinski definition) is 3. The number of sulfonamides is 1. The van der Waals surface area contributed by atoms with Gasteiger partial charge in [0.15, 0.2) is 0 Å². The first kappa shape index (κ1) is 29.4. The molecule has 4 N–H and O–H groups in total. The fraction of sp³-hybridized carbons (Fsp3) is 0.407. The van der Waals surface area contributed by atoms with E-state index < -0.39 is 27.7 Å². The molecule has 1 amide bonds. The third-order valence-corrected chi connectivity index (χ3v) is 9.53. The van der Waals surface area contributed by atoms with Crippen LogP contribution >= 0.6 is 12.2 Å². The van der Waals surface area contributed by atoms with Crippen LogP contribution in [0.5, 0.6) is 0 Å². The van der Waals surface area contributed by atoms with Gasteiger partial charge in [-0.1, -0.05) is 42.5 Å². The molecule has 3 aromatic rings. The summed E-state index contributed by atoms with van der Waals surface area (Å²) < 4.78 is 79.2. The summed E-state index contributed by atoms with van der Waals surface area (Å²) in [5.41, 5.74) is 4.42. The van der Waals surface area contributed by atoms with Crippen molar-refractivity contribution in [2.75, 3.05) is 19.6 Å². The van der Waals surface area contributed by atoms with Gasteiger partial charge in [0.2, 0.25) is 5.91 Å². The number of nitrogens with two attached hydrogens (primary N) is 1. The Morgan fingerprint density at radius 3 is 2.51 bits per heavy atom. The standard InChI is InChI=1S/C27H29F4N5O3S2/c28-19-12-23(33-14-19)26(37)34-13-16-4-5-21-22(17-2-1-3-18(11-17)25(32)40)15-36(24(21)10-16)20-6-8-35(9-7-20)41(38,39)27(29,30)31/h1-5,10-11,15,19-20,23,33H,6-9,12-14H2,(H2,32,40)(H,34,37)/t19-,23?/m0/s1. The molecule has 0 spiro atoms. The number of amides is 1. The van der Waals surface area contributed by atoms with Gasteiger partial charge in [-0.15, -0.1) is 0 Å². The molecule has 8 nitrogen and oxygen atoms in total. The normalized spacial score (nSPS) is 20.9. The zero-order valence-electron chi connectivity index (χ0n) is 21.8. The summed E-state index contributed by atoms with van der Waals surface area (Å²) in [5, 5.41) is 6.55. The Kier molecular flexibility index (Phi) is 8.12. The second-order valence-corrected chi connectivity index (χ2v) is 12.7. The highest BCUT2D eigenvalue weighted by Gasteiger charge is 2.50. The number of alkyl halides is 4. The number of nitrogens with zero attached hydrogens (tertiary/aromatic N) is 2. The molecular weight excluding hydrogens is 582 g/mol. The van der Waals surface area contributed by atoms with E-state index in [1.54, 1.807) is 6.07 Å². The average molecular weight is 612 g/mol. The molecule has 2 aromatic carbocycles. The molecule has 41 heavy (non-hydrogen) atoms. The van der Waals surface area contributed by atoms with Crippen molar-refractivity contribution in [3.8, 4) is 11.1 Å². The molecule has 0 saturated carbocycles. The van der Waals surface area contributed by atoms with Gasteiger partial charge in [0.1, 0.15) is 11.2 Å². The second-order valence-electron chi connectivity index (χ2n) is 10.3. The van der Waals surface area contributed by atoms with Crippen LogP contribution in [0.3, 0.4) is 0 Å². The van der Waals surface area contributed by atoms with Gasteiger partial charge in [-0.05, 0) is 36.1 Å². The fourth-order valence-electron chi connectivity index (χ4n) is 5.49. The van der Waals surface area contributed by atoms with Crippen molar-refractivity contribution >= 4 is 44.0 Å². The molecule has 0 bridgehead atoms. The maximum absolute atomic E-state index is 13.5. The van der Waals surface area contributed by atoms with Crippen LogP contribution in [0, 0.1) is 0 Å². The zero-order valence-corrected chi connectivity index (χ0v) is 23.5. The molecule has 3 heterocycles. The third kappa shape index (κ3) is 5.96. The Hall–Kier alpha value is -3.07. The van der Waals surface area contributed by atoms with Crippen LogP contribution in [0.4, 0.5) is 17.6 Å². The number of piperidine rings is 1. The highest BCUT2D eigenvalue weighted by atomic mass is 32.2. The monoisotopic (exact) mass is 611 g/mol. The SMILES string of the molecule is NC(=S)c1cccc(-c2cn(C3CCN(S(=O)(=O)C(F)(F)F)CC3)c3cc(CNC(=O)C4C[C@H](F)CN4)ccc23)c1. The Morgan fingerprint density at radius 1 is 1.15 bits per heavy atom. The minimum Gasteiger partial charge on any atom is -0.389 e. The van der Waals surface area contributed by atoms with Gasteiger partial charge in [-0.25, -0.2) is 12.8 Å². The van der Waals surface area contributed by atoms with Crippen LogP contribution in [-0.4, -0.2) is 65.5 Å². The summed E-state index contributed by atoms with van der Waals surface area (Å²) >= 11 is 5.13. The number of thiocarbonyl (C=S) groups is 1. The van der Waals surface area contributed by atoms with Gasteiger partial charge in [0.25, 0.3) is 0 Å². The lowest BCUT2D eigenvalue weighted by Crippen LogP contribution is -2.45.